The standard InChI is InChI=1S/C21H25NO3/c1-23-20-8-7-15(11-21(20)24-2)9-10-22-13-16-12-17(14-22)25-19-6-4-3-5-18(16)19/h3-8,11,16-17H,9-10,12-14H2,1-2H3. The van der Waals surface area contributed by atoms with Gasteiger partial charge >= 0.3 is 0 Å². The van der Waals surface area contributed by atoms with Gasteiger partial charge < -0.3 is 14.2 Å². The molecule has 0 N–H and O–H groups in total. The van der Waals surface area contributed by atoms with E-state index in [9.17, 15) is 0 Å². The highest BCUT2D eigenvalue weighted by atomic mass is 16.5. The number of hydrogen-bond acceptors (Lipinski definition) is 4. The van der Waals surface area contributed by atoms with Gasteiger partial charge in [-0.2, -0.15) is 0 Å². The van der Waals surface area contributed by atoms with Crippen LogP contribution in [-0.2, 0) is 6.42 Å². The molecule has 2 aromatic carbocycles. The third kappa shape index (κ3) is 3.31. The molecule has 0 radical (unpaired) electrons. The lowest BCUT2D eigenvalue weighted by Crippen LogP contribution is -2.47. The van der Waals surface area contributed by atoms with Crippen LogP contribution in [-0.4, -0.2) is 44.9 Å². The van der Waals surface area contributed by atoms with Gasteiger partial charge in [0.05, 0.1) is 14.2 Å². The Morgan fingerprint density at radius 1 is 1.04 bits per heavy atom. The van der Waals surface area contributed by atoms with Crippen LogP contribution in [0.1, 0.15) is 23.5 Å². The van der Waals surface area contributed by atoms with Crippen LogP contribution >= 0.6 is 0 Å². The van der Waals surface area contributed by atoms with Crippen LogP contribution in [0.25, 0.3) is 0 Å². The first-order valence-electron chi connectivity index (χ1n) is 8.95. The minimum atomic E-state index is 0.319. The van der Waals surface area contributed by atoms with Gasteiger partial charge in [-0.15, -0.1) is 0 Å². The molecule has 2 bridgehead atoms. The van der Waals surface area contributed by atoms with Crippen molar-refractivity contribution in [3.05, 3.63) is 53.6 Å². The Bertz CT molecular complexity index is 746. The Labute approximate surface area is 149 Å². The van der Waals surface area contributed by atoms with Crippen molar-refractivity contribution in [2.24, 2.45) is 0 Å². The Kier molecular flexibility index (Phi) is 4.53. The van der Waals surface area contributed by atoms with Crippen molar-refractivity contribution in [2.45, 2.75) is 24.9 Å². The van der Waals surface area contributed by atoms with Gasteiger partial charge in [0.1, 0.15) is 11.9 Å². The summed E-state index contributed by atoms with van der Waals surface area (Å²) in [6, 6.07) is 14.7. The number of rotatable bonds is 5. The number of nitrogens with zero attached hydrogens (tertiary/aromatic N) is 1. The molecule has 2 aromatic rings. The molecular formula is C21H25NO3. The molecule has 0 aliphatic carbocycles. The molecule has 132 valence electrons. The Morgan fingerprint density at radius 3 is 2.72 bits per heavy atom. The molecule has 0 amide bonds. The minimum absolute atomic E-state index is 0.319. The molecule has 2 unspecified atom stereocenters. The molecule has 0 spiro atoms. The fraction of sp³-hybridized carbons (Fsp3) is 0.429. The number of piperidine rings is 1. The third-order valence-corrected chi connectivity index (χ3v) is 5.30. The largest absolute Gasteiger partial charge is 0.493 e. The van der Waals surface area contributed by atoms with E-state index in [1.807, 2.05) is 6.07 Å². The highest BCUT2D eigenvalue weighted by Gasteiger charge is 2.34. The highest BCUT2D eigenvalue weighted by Crippen LogP contribution is 2.39. The normalized spacial score (nSPS) is 22.0. The van der Waals surface area contributed by atoms with Gasteiger partial charge in [0, 0.05) is 25.6 Å². The number of methoxy groups -OCH3 is 2. The molecule has 2 aliphatic rings. The summed E-state index contributed by atoms with van der Waals surface area (Å²) in [7, 11) is 3.35. The second-order valence-electron chi connectivity index (χ2n) is 6.91. The number of likely N-dealkylation sites (tertiary alicyclic amines) is 1. The molecule has 2 heterocycles. The quantitative estimate of drug-likeness (QED) is 0.834. The summed E-state index contributed by atoms with van der Waals surface area (Å²) in [6.07, 6.45) is 2.46. The van der Waals surface area contributed by atoms with Crippen molar-refractivity contribution in [3.63, 3.8) is 0 Å². The van der Waals surface area contributed by atoms with Gasteiger partial charge in [-0.1, -0.05) is 24.3 Å². The molecule has 4 nitrogen and oxygen atoms in total. The number of benzene rings is 2. The zero-order valence-electron chi connectivity index (χ0n) is 14.9. The smallest absolute Gasteiger partial charge is 0.160 e. The van der Waals surface area contributed by atoms with Crippen LogP contribution in [0.4, 0.5) is 0 Å². The van der Waals surface area contributed by atoms with E-state index in [2.05, 4.69) is 41.3 Å². The van der Waals surface area contributed by atoms with E-state index in [-0.39, 0.29) is 0 Å². The van der Waals surface area contributed by atoms with Gasteiger partial charge in [-0.25, -0.2) is 0 Å². The lowest BCUT2D eigenvalue weighted by Gasteiger charge is -2.42. The van der Waals surface area contributed by atoms with Gasteiger partial charge in [0.15, 0.2) is 11.5 Å². The summed E-state index contributed by atoms with van der Waals surface area (Å²) in [5, 5.41) is 0. The summed E-state index contributed by atoms with van der Waals surface area (Å²) < 4.78 is 16.9. The molecule has 4 heteroatoms. The average molecular weight is 339 g/mol. The van der Waals surface area contributed by atoms with E-state index >= 15 is 0 Å². The van der Waals surface area contributed by atoms with Crippen molar-refractivity contribution in [1.29, 1.82) is 0 Å². The van der Waals surface area contributed by atoms with Crippen LogP contribution in [0.5, 0.6) is 17.2 Å². The molecule has 1 saturated heterocycles. The fourth-order valence-corrected chi connectivity index (χ4v) is 4.06. The van der Waals surface area contributed by atoms with E-state index in [1.54, 1.807) is 14.2 Å². The van der Waals surface area contributed by atoms with Crippen LogP contribution < -0.4 is 14.2 Å². The van der Waals surface area contributed by atoms with Crippen LogP contribution in [0.2, 0.25) is 0 Å². The first-order valence-corrected chi connectivity index (χ1v) is 8.95. The fourth-order valence-electron chi connectivity index (χ4n) is 4.06. The number of fused-ring (bicyclic) bond motifs is 4. The molecule has 2 aliphatic heterocycles. The Hall–Kier alpha value is -2.20. The summed E-state index contributed by atoms with van der Waals surface area (Å²) in [4.78, 5) is 2.53. The first kappa shape index (κ1) is 16.3. The molecule has 2 atom stereocenters. The second-order valence-corrected chi connectivity index (χ2v) is 6.91. The van der Waals surface area contributed by atoms with Crippen molar-refractivity contribution in [3.8, 4) is 17.2 Å². The zero-order chi connectivity index (χ0) is 17.2. The topological polar surface area (TPSA) is 30.9 Å². The summed E-state index contributed by atoms with van der Waals surface area (Å²) in [5.74, 6) is 3.26. The molecule has 4 rings (SSSR count). The maximum atomic E-state index is 6.17. The van der Waals surface area contributed by atoms with Crippen molar-refractivity contribution >= 4 is 0 Å². The van der Waals surface area contributed by atoms with Gasteiger partial charge in [-0.05, 0) is 42.2 Å². The summed E-state index contributed by atoms with van der Waals surface area (Å²) in [5.41, 5.74) is 2.64. The van der Waals surface area contributed by atoms with Gasteiger partial charge in [-0.3, -0.25) is 4.90 Å². The lowest BCUT2D eigenvalue weighted by molar-refractivity contribution is 0.0578. The van der Waals surface area contributed by atoms with E-state index in [0.717, 1.165) is 49.7 Å². The number of ether oxygens (including phenoxy) is 3. The predicted molar refractivity (Wildman–Crippen MR) is 97.9 cm³/mol. The first-order chi connectivity index (χ1) is 12.3. The zero-order valence-corrected chi connectivity index (χ0v) is 14.9. The van der Waals surface area contributed by atoms with Crippen molar-refractivity contribution in [1.82, 2.24) is 4.90 Å². The monoisotopic (exact) mass is 339 g/mol. The molecule has 0 aromatic heterocycles. The molecular weight excluding hydrogens is 314 g/mol. The van der Waals surface area contributed by atoms with E-state index in [4.69, 9.17) is 14.2 Å². The van der Waals surface area contributed by atoms with Crippen LogP contribution in [0, 0.1) is 0 Å². The summed E-state index contributed by atoms with van der Waals surface area (Å²) >= 11 is 0. The second kappa shape index (κ2) is 6.96. The average Bonchev–Trinajstić information content (AvgIpc) is 2.66. The third-order valence-electron chi connectivity index (χ3n) is 5.30. The maximum Gasteiger partial charge on any atom is 0.160 e. The molecule has 0 saturated carbocycles. The van der Waals surface area contributed by atoms with E-state index in [0.29, 0.717) is 12.0 Å². The van der Waals surface area contributed by atoms with Crippen molar-refractivity contribution < 1.29 is 14.2 Å². The number of para-hydroxylation sites is 1. The highest BCUT2D eigenvalue weighted by molar-refractivity contribution is 5.43. The Balaban J connectivity index is 1.42. The van der Waals surface area contributed by atoms with Crippen LogP contribution in [0.3, 0.4) is 0 Å². The van der Waals surface area contributed by atoms with Crippen LogP contribution in [0.15, 0.2) is 42.5 Å². The predicted octanol–water partition coefficient (Wildman–Crippen LogP) is 3.50. The molecule has 25 heavy (non-hydrogen) atoms. The van der Waals surface area contributed by atoms with Gasteiger partial charge in [0.2, 0.25) is 0 Å². The van der Waals surface area contributed by atoms with E-state index < -0.39 is 0 Å². The molecule has 1 fully saturated rings. The minimum Gasteiger partial charge on any atom is -0.493 e. The SMILES string of the molecule is COc1ccc(CCN2CC3CC(C2)c2ccccc2O3)cc1OC. The van der Waals surface area contributed by atoms with Crippen molar-refractivity contribution in [2.75, 3.05) is 33.9 Å². The summed E-state index contributed by atoms with van der Waals surface area (Å²) in [6.45, 7) is 3.16. The lowest BCUT2D eigenvalue weighted by atomic mass is 9.86. The number of hydrogen-bond donors (Lipinski definition) is 0. The Morgan fingerprint density at radius 2 is 1.88 bits per heavy atom. The van der Waals surface area contributed by atoms with Gasteiger partial charge in [0.25, 0.3) is 0 Å². The van der Waals surface area contributed by atoms with E-state index in [1.165, 1.54) is 11.1 Å². The maximum absolute atomic E-state index is 6.17.